The summed E-state index contributed by atoms with van der Waals surface area (Å²) in [6.45, 7) is 6.92. The lowest BCUT2D eigenvalue weighted by Crippen LogP contribution is -2.39. The number of aryl methyl sites for hydroxylation is 2. The Hall–Kier alpha value is -6.86. The number of aromatic nitrogens is 2. The third-order valence-electron chi connectivity index (χ3n) is 14.5. The number of nitrogen functional groups attached to an aromatic ring is 2. The predicted octanol–water partition coefficient (Wildman–Crippen LogP) is 10.6. The molecular weight excluding hydrogens is 945 g/mol. The molecule has 9 rings (SSSR count). The van der Waals surface area contributed by atoms with Gasteiger partial charge in [0, 0.05) is 64.4 Å². The molecule has 0 spiro atoms. The summed E-state index contributed by atoms with van der Waals surface area (Å²) in [7, 11) is 0. The smallest absolute Gasteiger partial charge is 0.313 e. The topological polar surface area (TPSA) is 232 Å². The van der Waals surface area contributed by atoms with Crippen molar-refractivity contribution in [2.45, 2.75) is 122 Å². The SMILES string of the molecule is C.CCc1cc(C2CCC2)c(-c2nnc(N)o2)cc1C(=O)N1CCC(c2ccc(C#N)cc2)CC1.CCc1cc(C2CCC2)c(C(=O)NN)cc1C(=O)N1CCC(c2ccc(C#N)cc2)CC1.N#CBr. The van der Waals surface area contributed by atoms with Crippen LogP contribution in [0.2, 0.25) is 0 Å². The number of likely N-dealkylation sites (tertiary alicyclic amines) is 2. The third-order valence-corrected chi connectivity index (χ3v) is 14.5. The van der Waals surface area contributed by atoms with Gasteiger partial charge in [0.25, 0.3) is 17.7 Å². The van der Waals surface area contributed by atoms with Crippen molar-refractivity contribution in [2.75, 3.05) is 31.9 Å². The maximum absolute atomic E-state index is 13.7. The first-order valence-corrected chi connectivity index (χ1v) is 24.9. The Morgan fingerprint density at radius 2 is 1.09 bits per heavy atom. The van der Waals surface area contributed by atoms with Crippen LogP contribution in [0.15, 0.2) is 77.2 Å². The normalized spacial score (nSPS) is 16.0. The summed E-state index contributed by atoms with van der Waals surface area (Å²) < 4.78 is 5.57. The van der Waals surface area contributed by atoms with Crippen LogP contribution in [0, 0.1) is 32.9 Å². The summed E-state index contributed by atoms with van der Waals surface area (Å²) in [5, 5.41) is 33.2. The number of hydrazine groups is 1. The highest BCUT2D eigenvalue weighted by Gasteiger charge is 2.32. The predicted molar refractivity (Wildman–Crippen MR) is 274 cm³/mol. The minimum absolute atomic E-state index is 0. The summed E-state index contributed by atoms with van der Waals surface area (Å²) in [4.78, 5) is 45.0. The fraction of sp³-hybridized carbons (Fsp3) is 0.418. The fourth-order valence-electron chi connectivity index (χ4n) is 10.1. The number of halogens is 1. The molecule has 14 nitrogen and oxygen atoms in total. The molecule has 5 N–H and O–H groups in total. The maximum Gasteiger partial charge on any atom is 0.313 e. The molecule has 2 saturated heterocycles. The minimum Gasteiger partial charge on any atom is -0.404 e. The number of nitrogens with two attached hydrogens (primary N) is 2. The summed E-state index contributed by atoms with van der Waals surface area (Å²) in [5.41, 5.74) is 18.7. The molecule has 0 radical (unpaired) electrons. The van der Waals surface area contributed by atoms with Crippen LogP contribution in [0.3, 0.4) is 0 Å². The van der Waals surface area contributed by atoms with Gasteiger partial charge in [0.05, 0.1) is 23.3 Å². The Morgan fingerprint density at radius 3 is 1.46 bits per heavy atom. The second-order valence-electron chi connectivity index (χ2n) is 18.3. The molecule has 5 aromatic rings. The molecule has 0 atom stereocenters. The lowest BCUT2D eigenvalue weighted by atomic mass is 9.76. The van der Waals surface area contributed by atoms with Gasteiger partial charge < -0.3 is 20.0 Å². The third kappa shape index (κ3) is 11.9. The second-order valence-corrected chi connectivity index (χ2v) is 18.6. The van der Waals surface area contributed by atoms with E-state index in [0.717, 1.165) is 86.5 Å². The Labute approximate surface area is 420 Å². The van der Waals surface area contributed by atoms with Gasteiger partial charge in [-0.1, -0.05) is 75.6 Å². The first kappa shape index (κ1) is 52.5. The maximum atomic E-state index is 13.7. The van der Waals surface area contributed by atoms with Crippen LogP contribution in [0.4, 0.5) is 6.01 Å². The van der Waals surface area contributed by atoms with Crippen molar-refractivity contribution >= 4 is 39.7 Å². The number of anilines is 1. The van der Waals surface area contributed by atoms with Gasteiger partial charge in [-0.3, -0.25) is 19.8 Å². The Balaban J connectivity index is 0.000000215. The molecule has 364 valence electrons. The highest BCUT2D eigenvalue weighted by atomic mass is 79.9. The average molecular weight is 1010 g/mol. The van der Waals surface area contributed by atoms with Crippen molar-refractivity contribution in [3.63, 3.8) is 0 Å². The summed E-state index contributed by atoms with van der Waals surface area (Å²) >= 11 is 2.45. The van der Waals surface area contributed by atoms with Gasteiger partial charge >= 0.3 is 6.01 Å². The first-order chi connectivity index (χ1) is 33.5. The zero-order chi connectivity index (χ0) is 49.0. The number of amides is 3. The number of hydrogen-bond acceptors (Lipinski definition) is 11. The molecule has 0 bridgehead atoms. The Morgan fingerprint density at radius 1 is 0.657 bits per heavy atom. The number of hydrogen-bond donors (Lipinski definition) is 3. The molecule has 15 heteroatoms. The van der Waals surface area contributed by atoms with Crippen LogP contribution in [0.1, 0.15) is 185 Å². The van der Waals surface area contributed by atoms with Gasteiger partial charge in [-0.2, -0.15) is 15.8 Å². The minimum atomic E-state index is -0.330. The van der Waals surface area contributed by atoms with E-state index in [1.807, 2.05) is 64.4 Å². The molecule has 2 saturated carbocycles. The van der Waals surface area contributed by atoms with Crippen molar-refractivity contribution in [1.29, 1.82) is 15.8 Å². The van der Waals surface area contributed by atoms with Gasteiger partial charge in [-0.25, -0.2) is 5.84 Å². The van der Waals surface area contributed by atoms with Crippen LogP contribution in [-0.4, -0.2) is 63.9 Å². The van der Waals surface area contributed by atoms with E-state index in [-0.39, 0.29) is 31.2 Å². The van der Waals surface area contributed by atoms with E-state index in [0.29, 0.717) is 83.6 Å². The zero-order valence-electron chi connectivity index (χ0n) is 39.3. The van der Waals surface area contributed by atoms with Crippen LogP contribution in [0.25, 0.3) is 11.5 Å². The van der Waals surface area contributed by atoms with Crippen LogP contribution < -0.4 is 17.0 Å². The molecule has 4 aromatic carbocycles. The Kier molecular flexibility index (Phi) is 18.5. The van der Waals surface area contributed by atoms with Crippen molar-refractivity contribution in [3.05, 3.63) is 134 Å². The van der Waals surface area contributed by atoms with E-state index in [4.69, 9.17) is 31.8 Å². The average Bonchev–Trinajstić information content (AvgIpc) is 3.80. The fourth-order valence-corrected chi connectivity index (χ4v) is 10.1. The van der Waals surface area contributed by atoms with Crippen molar-refractivity contribution in [1.82, 2.24) is 25.4 Å². The van der Waals surface area contributed by atoms with Crippen molar-refractivity contribution < 1.29 is 18.8 Å². The first-order valence-electron chi connectivity index (χ1n) is 24.1. The van der Waals surface area contributed by atoms with E-state index in [2.05, 4.69) is 69.7 Å². The van der Waals surface area contributed by atoms with E-state index < -0.39 is 0 Å². The van der Waals surface area contributed by atoms with E-state index in [1.165, 1.54) is 29.5 Å². The number of carbonyl (C=O) groups is 3. The van der Waals surface area contributed by atoms with Crippen molar-refractivity contribution in [3.8, 4) is 28.6 Å². The Bertz CT molecular complexity index is 2750. The molecule has 3 heterocycles. The number of piperidine rings is 2. The molecule has 3 amide bonds. The van der Waals surface area contributed by atoms with E-state index >= 15 is 0 Å². The molecule has 70 heavy (non-hydrogen) atoms. The number of rotatable bonds is 10. The second kappa shape index (κ2) is 24.6. The standard InChI is InChI=1S/C27H29N5O2.C26H30N4O2.CBrN.CH4/c1-2-18-14-22(21-4-3-5-21)24(25-30-31-27(29)34-25)15-23(18)26(33)32-12-10-20(11-13-32)19-8-6-17(16-28)7-9-19;1-2-18-14-22(21-4-3-5-21)24(25(31)29-28)15-23(18)26(32)30-12-10-20(11-13-30)19-8-6-17(16-27)7-9-19;2-1-3;/h6-9,14-15,20-21H,2-5,10-13H2,1H3,(H2,29,31);6-9,14-15,20-21H,2-5,10-13,28H2,1H3,(H,29,31);;1H4. The quantitative estimate of drug-likeness (QED) is 0.0676. The molecule has 2 aliphatic heterocycles. The number of benzene rings is 4. The molecule has 2 aliphatic carbocycles. The lowest BCUT2D eigenvalue weighted by molar-refractivity contribution is 0.0704. The van der Waals surface area contributed by atoms with Gasteiger partial charge in [0.15, 0.2) is 0 Å². The van der Waals surface area contributed by atoms with Gasteiger partial charge in [-0.15, -0.1) is 5.10 Å². The summed E-state index contributed by atoms with van der Waals surface area (Å²) in [6.07, 6.45) is 11.9. The van der Waals surface area contributed by atoms with Gasteiger partial charge in [0.2, 0.25) is 5.89 Å². The number of nitrogens with one attached hydrogen (secondary N) is 1. The van der Waals surface area contributed by atoms with E-state index in [9.17, 15) is 14.4 Å². The van der Waals surface area contributed by atoms with E-state index in [1.54, 1.807) is 11.0 Å². The molecule has 4 fully saturated rings. The lowest BCUT2D eigenvalue weighted by Gasteiger charge is -2.33. The highest BCUT2D eigenvalue weighted by Crippen LogP contribution is 2.43. The van der Waals surface area contributed by atoms with Crippen LogP contribution in [0.5, 0.6) is 0 Å². The monoisotopic (exact) mass is 1010 g/mol. The summed E-state index contributed by atoms with van der Waals surface area (Å²) in [5.74, 6) is 7.18. The van der Waals surface area contributed by atoms with Gasteiger partial charge in [0.1, 0.15) is 4.98 Å². The largest absolute Gasteiger partial charge is 0.404 e. The van der Waals surface area contributed by atoms with Crippen LogP contribution in [-0.2, 0) is 12.8 Å². The number of carbonyl (C=O) groups excluding carboxylic acids is 3. The summed E-state index contributed by atoms with van der Waals surface area (Å²) in [6, 6.07) is 27.9. The molecule has 4 aliphatic rings. The molecule has 0 unspecified atom stereocenters. The van der Waals surface area contributed by atoms with Crippen LogP contribution >= 0.6 is 15.9 Å². The van der Waals surface area contributed by atoms with Crippen molar-refractivity contribution in [2.24, 2.45) is 5.84 Å². The number of nitrogens with zero attached hydrogens (tertiary/aromatic N) is 7. The zero-order valence-corrected chi connectivity index (χ0v) is 40.9. The molecule has 1 aromatic heterocycles. The molecular formula is C55H63BrN10O4. The highest BCUT2D eigenvalue weighted by molar-refractivity contribution is 9.12. The van der Waals surface area contributed by atoms with Gasteiger partial charge in [-0.05, 0) is 158 Å². The number of nitriles is 3.